The molecule has 0 spiro atoms. The van der Waals surface area contributed by atoms with Gasteiger partial charge in [0, 0.05) is 44.7 Å². The third-order valence-corrected chi connectivity index (χ3v) is 8.17. The Morgan fingerprint density at radius 3 is 1.68 bits per heavy atom. The van der Waals surface area contributed by atoms with Crippen LogP contribution < -0.4 is 0 Å². The molecule has 0 saturated carbocycles. The molecule has 5 aromatic carbocycles. The van der Waals surface area contributed by atoms with Crippen LogP contribution in [0, 0.1) is 0 Å². The Balaban J connectivity index is 1.54. The normalized spacial score (nSPS) is 12.0. The molecule has 9 rings (SSSR count). The first-order valence-electron chi connectivity index (χ1n) is 13.5. The van der Waals surface area contributed by atoms with Gasteiger partial charge in [0.15, 0.2) is 0 Å². The summed E-state index contributed by atoms with van der Waals surface area (Å²) in [5, 5.41) is 7.16. The van der Waals surface area contributed by atoms with Gasteiger partial charge in [-0.1, -0.05) is 78.9 Å². The molecule has 4 nitrogen and oxygen atoms in total. The van der Waals surface area contributed by atoms with E-state index in [2.05, 4.69) is 118 Å². The maximum absolute atomic E-state index is 4.85. The van der Waals surface area contributed by atoms with Gasteiger partial charge in [-0.3, -0.25) is 9.97 Å². The molecule has 0 amide bonds. The highest BCUT2D eigenvalue weighted by Gasteiger charge is 2.22. The van der Waals surface area contributed by atoms with Gasteiger partial charge in [-0.15, -0.1) is 0 Å². The van der Waals surface area contributed by atoms with Gasteiger partial charge in [0.25, 0.3) is 0 Å². The van der Waals surface area contributed by atoms with Crippen molar-refractivity contribution in [2.75, 3.05) is 0 Å². The predicted molar refractivity (Wildman–Crippen MR) is 166 cm³/mol. The second kappa shape index (κ2) is 8.01. The van der Waals surface area contributed by atoms with E-state index in [0.717, 1.165) is 44.2 Å². The number of rotatable bonds is 2. The molecule has 0 aliphatic rings. The maximum atomic E-state index is 4.85. The zero-order valence-electron chi connectivity index (χ0n) is 21.5. The van der Waals surface area contributed by atoms with Crippen LogP contribution in [0.5, 0.6) is 0 Å². The second-order valence-electron chi connectivity index (χ2n) is 10.3. The number of pyridine rings is 2. The average Bonchev–Trinajstić information content (AvgIpc) is 3.53. The van der Waals surface area contributed by atoms with Crippen molar-refractivity contribution in [3.05, 3.63) is 134 Å². The zero-order chi connectivity index (χ0) is 26.2. The molecule has 0 fully saturated rings. The summed E-state index contributed by atoms with van der Waals surface area (Å²) in [6, 6.07) is 43.1. The molecule has 186 valence electrons. The first kappa shape index (κ1) is 21.5. The molecule has 40 heavy (non-hydrogen) atoms. The second-order valence-corrected chi connectivity index (χ2v) is 10.3. The molecule has 9 aromatic rings. The topological polar surface area (TPSA) is 35.6 Å². The minimum absolute atomic E-state index is 0.992. The molecule has 4 heterocycles. The lowest BCUT2D eigenvalue weighted by atomic mass is 10.1. The first-order chi connectivity index (χ1) is 19.9. The van der Waals surface area contributed by atoms with E-state index in [1.165, 1.54) is 32.6 Å². The summed E-state index contributed by atoms with van der Waals surface area (Å²) in [7, 11) is 0. The van der Waals surface area contributed by atoms with Gasteiger partial charge < -0.3 is 9.13 Å². The van der Waals surface area contributed by atoms with Crippen LogP contribution in [-0.4, -0.2) is 19.1 Å². The molecule has 0 bridgehead atoms. The van der Waals surface area contributed by atoms with Crippen LogP contribution in [0.15, 0.2) is 134 Å². The van der Waals surface area contributed by atoms with Crippen molar-refractivity contribution in [2.45, 2.75) is 0 Å². The largest absolute Gasteiger partial charge is 0.307 e. The molecule has 0 N–H and O–H groups in total. The van der Waals surface area contributed by atoms with Gasteiger partial charge in [-0.25, -0.2) is 0 Å². The zero-order valence-corrected chi connectivity index (χ0v) is 21.5. The number of fused-ring (bicyclic) bond motifs is 9. The van der Waals surface area contributed by atoms with Crippen molar-refractivity contribution in [3.8, 4) is 11.4 Å². The van der Waals surface area contributed by atoms with Crippen molar-refractivity contribution in [2.24, 2.45) is 0 Å². The van der Waals surface area contributed by atoms with E-state index in [9.17, 15) is 0 Å². The van der Waals surface area contributed by atoms with Crippen molar-refractivity contribution in [3.63, 3.8) is 0 Å². The van der Waals surface area contributed by atoms with E-state index in [1.807, 2.05) is 24.5 Å². The summed E-state index contributed by atoms with van der Waals surface area (Å²) < 4.78 is 4.79. The fourth-order valence-electron chi connectivity index (χ4n) is 6.56. The molecule has 4 heteroatoms. The van der Waals surface area contributed by atoms with Crippen LogP contribution in [0.2, 0.25) is 0 Å². The van der Waals surface area contributed by atoms with Gasteiger partial charge in [0.1, 0.15) is 0 Å². The van der Waals surface area contributed by atoms with Gasteiger partial charge in [0.05, 0.1) is 44.5 Å². The third kappa shape index (κ3) is 2.79. The molecular weight excluding hydrogens is 488 g/mol. The van der Waals surface area contributed by atoms with Crippen LogP contribution in [0.1, 0.15) is 0 Å². The molecule has 0 atom stereocenters. The Bertz CT molecular complexity index is 2430. The lowest BCUT2D eigenvalue weighted by Gasteiger charge is -2.12. The molecule has 0 radical (unpaired) electrons. The van der Waals surface area contributed by atoms with E-state index in [4.69, 9.17) is 9.97 Å². The van der Waals surface area contributed by atoms with E-state index >= 15 is 0 Å². The van der Waals surface area contributed by atoms with Crippen LogP contribution >= 0.6 is 0 Å². The summed E-state index contributed by atoms with van der Waals surface area (Å²) in [5.74, 6) is 0. The lowest BCUT2D eigenvalue weighted by Crippen LogP contribution is -1.98. The number of benzene rings is 5. The van der Waals surface area contributed by atoms with Crippen LogP contribution in [0.25, 0.3) is 76.8 Å². The highest BCUT2D eigenvalue weighted by Crippen LogP contribution is 2.43. The fraction of sp³-hybridized carbons (Fsp3) is 0. The summed E-state index contributed by atoms with van der Waals surface area (Å²) in [4.78, 5) is 9.66. The average molecular weight is 511 g/mol. The van der Waals surface area contributed by atoms with Crippen molar-refractivity contribution >= 4 is 65.4 Å². The summed E-state index contributed by atoms with van der Waals surface area (Å²) in [5.41, 5.74) is 8.84. The van der Waals surface area contributed by atoms with Gasteiger partial charge in [-0.05, 0) is 42.5 Å². The fourth-order valence-corrected chi connectivity index (χ4v) is 6.56. The van der Waals surface area contributed by atoms with E-state index in [1.54, 1.807) is 0 Å². The third-order valence-electron chi connectivity index (χ3n) is 8.17. The molecule has 0 aliphatic carbocycles. The standard InChI is InChI=1S/C36H22N4/c1-3-15-28-25(13-1)26-19-20-30-33(36(26)40(28)32-18-6-10-24-12-8-22-38-35(24)32)27-14-2-4-16-29(27)39(30)31-17-5-9-23-11-7-21-37-34(23)31/h1-22H. The highest BCUT2D eigenvalue weighted by atomic mass is 15.0. The van der Waals surface area contributed by atoms with Crippen LogP contribution in [-0.2, 0) is 0 Å². The Morgan fingerprint density at radius 2 is 0.975 bits per heavy atom. The maximum Gasteiger partial charge on any atom is 0.0942 e. The van der Waals surface area contributed by atoms with Crippen molar-refractivity contribution in [1.82, 2.24) is 19.1 Å². The van der Waals surface area contributed by atoms with Crippen LogP contribution in [0.4, 0.5) is 0 Å². The molecular formula is C36H22N4. The van der Waals surface area contributed by atoms with Gasteiger partial charge >= 0.3 is 0 Å². The van der Waals surface area contributed by atoms with Crippen LogP contribution in [0.3, 0.4) is 0 Å². The minimum Gasteiger partial charge on any atom is -0.307 e. The number of aromatic nitrogens is 4. The molecule has 0 unspecified atom stereocenters. The van der Waals surface area contributed by atoms with Gasteiger partial charge in [0.2, 0.25) is 0 Å². The Morgan fingerprint density at radius 1 is 0.400 bits per heavy atom. The minimum atomic E-state index is 0.992. The van der Waals surface area contributed by atoms with E-state index < -0.39 is 0 Å². The number of nitrogens with zero attached hydrogens (tertiary/aromatic N) is 4. The monoisotopic (exact) mass is 510 g/mol. The smallest absolute Gasteiger partial charge is 0.0942 e. The number of hydrogen-bond donors (Lipinski definition) is 0. The predicted octanol–water partition coefficient (Wildman–Crippen LogP) is 8.98. The first-order valence-corrected chi connectivity index (χ1v) is 13.5. The quantitative estimate of drug-likeness (QED) is 0.233. The van der Waals surface area contributed by atoms with E-state index in [-0.39, 0.29) is 0 Å². The van der Waals surface area contributed by atoms with Crippen molar-refractivity contribution < 1.29 is 0 Å². The Labute approximate surface area is 229 Å². The van der Waals surface area contributed by atoms with E-state index in [0.29, 0.717) is 0 Å². The van der Waals surface area contributed by atoms with Crippen molar-refractivity contribution in [1.29, 1.82) is 0 Å². The molecule has 0 saturated heterocycles. The molecule has 4 aromatic heterocycles. The lowest BCUT2D eigenvalue weighted by molar-refractivity contribution is 1.18. The summed E-state index contributed by atoms with van der Waals surface area (Å²) in [6.07, 6.45) is 3.76. The summed E-state index contributed by atoms with van der Waals surface area (Å²) in [6.45, 7) is 0. The molecule has 0 aliphatic heterocycles. The summed E-state index contributed by atoms with van der Waals surface area (Å²) >= 11 is 0. The Hall–Kier alpha value is -5.48. The SMILES string of the molecule is c1cnc2c(-n3c4ccccc4c4c3ccc3c5ccccc5n(-c5cccc6cccnc56)c34)cccc2c1. The van der Waals surface area contributed by atoms with Gasteiger partial charge in [-0.2, -0.15) is 0 Å². The number of hydrogen-bond acceptors (Lipinski definition) is 2. The Kier molecular flexibility index (Phi) is 4.30. The highest BCUT2D eigenvalue weighted by molar-refractivity contribution is 6.26. The number of para-hydroxylation sites is 4.